The fraction of sp³-hybridized carbons (Fsp3) is 0.429. The van der Waals surface area contributed by atoms with Gasteiger partial charge in [-0.05, 0) is 55.5 Å². The van der Waals surface area contributed by atoms with Crippen LogP contribution in [-0.2, 0) is 0 Å². The molecule has 2 unspecified atom stereocenters. The minimum Gasteiger partial charge on any atom is -0.459 e. The van der Waals surface area contributed by atoms with Gasteiger partial charge >= 0.3 is 0 Å². The van der Waals surface area contributed by atoms with Crippen LogP contribution < -0.4 is 5.32 Å². The van der Waals surface area contributed by atoms with Crippen molar-refractivity contribution in [3.63, 3.8) is 0 Å². The Kier molecular flexibility index (Phi) is 5.45. The van der Waals surface area contributed by atoms with Crippen LogP contribution in [0.1, 0.15) is 59.1 Å². The molecule has 1 saturated carbocycles. The first-order valence-electron chi connectivity index (χ1n) is 9.20. The number of carbonyl (C=O) groups is 2. The first-order valence-corrected chi connectivity index (χ1v) is 9.20. The first kappa shape index (κ1) is 18.2. The molecule has 26 heavy (non-hydrogen) atoms. The number of aryl methyl sites for hydroxylation is 1. The van der Waals surface area contributed by atoms with E-state index >= 15 is 0 Å². The van der Waals surface area contributed by atoms with E-state index < -0.39 is 0 Å². The zero-order chi connectivity index (χ0) is 18.7. The van der Waals surface area contributed by atoms with Gasteiger partial charge < -0.3 is 14.6 Å². The summed E-state index contributed by atoms with van der Waals surface area (Å²) in [5, 5.41) is 2.83. The van der Waals surface area contributed by atoms with Crippen LogP contribution in [0.4, 0.5) is 5.69 Å². The summed E-state index contributed by atoms with van der Waals surface area (Å²) >= 11 is 0. The normalized spacial score (nSPS) is 19.8. The molecule has 0 radical (unpaired) electrons. The number of hydrogen-bond donors (Lipinski definition) is 1. The van der Waals surface area contributed by atoms with Crippen LogP contribution in [0.2, 0.25) is 0 Å². The largest absolute Gasteiger partial charge is 0.459 e. The van der Waals surface area contributed by atoms with E-state index in [0.29, 0.717) is 17.2 Å². The third kappa shape index (κ3) is 3.82. The van der Waals surface area contributed by atoms with Gasteiger partial charge in [-0.25, -0.2) is 0 Å². The lowest BCUT2D eigenvalue weighted by molar-refractivity contribution is 0.0629. The Morgan fingerprint density at radius 2 is 1.96 bits per heavy atom. The Morgan fingerprint density at radius 3 is 2.65 bits per heavy atom. The van der Waals surface area contributed by atoms with E-state index in [4.69, 9.17) is 4.42 Å². The lowest BCUT2D eigenvalue weighted by Crippen LogP contribution is -2.42. The molecule has 5 heteroatoms. The molecule has 1 heterocycles. The third-order valence-electron chi connectivity index (χ3n) is 5.36. The Hall–Kier alpha value is -2.56. The highest BCUT2D eigenvalue weighted by Crippen LogP contribution is 2.29. The van der Waals surface area contributed by atoms with E-state index in [-0.39, 0.29) is 23.6 Å². The molecule has 1 aromatic carbocycles. The molecular weight excluding hydrogens is 328 g/mol. The van der Waals surface area contributed by atoms with Crippen molar-refractivity contribution in [1.82, 2.24) is 4.90 Å². The number of nitrogens with one attached hydrogen (secondary N) is 1. The van der Waals surface area contributed by atoms with Crippen molar-refractivity contribution in [2.45, 2.75) is 45.6 Å². The number of benzene rings is 1. The molecule has 1 aliphatic carbocycles. The summed E-state index contributed by atoms with van der Waals surface area (Å²) < 4.78 is 5.13. The molecule has 0 aliphatic heterocycles. The molecule has 0 saturated heterocycles. The molecule has 138 valence electrons. The summed E-state index contributed by atoms with van der Waals surface area (Å²) in [7, 11) is 1.88. The molecule has 3 rings (SSSR count). The zero-order valence-electron chi connectivity index (χ0n) is 15.6. The van der Waals surface area contributed by atoms with Gasteiger partial charge in [-0.2, -0.15) is 0 Å². The lowest BCUT2D eigenvalue weighted by atomic mass is 9.85. The van der Waals surface area contributed by atoms with Crippen molar-refractivity contribution >= 4 is 17.5 Å². The molecule has 1 aromatic heterocycles. The topological polar surface area (TPSA) is 62.6 Å². The van der Waals surface area contributed by atoms with Crippen molar-refractivity contribution in [1.29, 1.82) is 0 Å². The molecule has 1 N–H and O–H groups in total. The number of carbonyl (C=O) groups excluding carboxylic acids is 2. The fourth-order valence-electron chi connectivity index (χ4n) is 3.71. The standard InChI is InChI=1S/C21H26N2O3/c1-14-10-11-16(13-17(14)22-20(24)19-9-6-12-26-19)21(25)23(3)18-8-5-4-7-15(18)2/h6,9-13,15,18H,4-5,7-8H2,1-3H3,(H,22,24). The molecule has 1 fully saturated rings. The number of amides is 2. The van der Waals surface area contributed by atoms with Gasteiger partial charge in [0.25, 0.3) is 11.8 Å². The monoisotopic (exact) mass is 354 g/mol. The predicted octanol–water partition coefficient (Wildman–Crippen LogP) is 4.49. The third-order valence-corrected chi connectivity index (χ3v) is 5.36. The van der Waals surface area contributed by atoms with Crippen LogP contribution in [0.15, 0.2) is 41.0 Å². The molecule has 0 spiro atoms. The summed E-state index contributed by atoms with van der Waals surface area (Å²) in [6.07, 6.45) is 6.10. The molecule has 1 aliphatic rings. The van der Waals surface area contributed by atoms with Crippen LogP contribution in [0, 0.1) is 12.8 Å². The number of furan rings is 1. The lowest BCUT2D eigenvalue weighted by Gasteiger charge is -2.36. The van der Waals surface area contributed by atoms with E-state index in [1.165, 1.54) is 25.5 Å². The van der Waals surface area contributed by atoms with E-state index in [9.17, 15) is 9.59 Å². The summed E-state index contributed by atoms with van der Waals surface area (Å²) in [6, 6.07) is 8.99. The van der Waals surface area contributed by atoms with Gasteiger partial charge in [0.05, 0.1) is 6.26 Å². The molecule has 2 amide bonds. The van der Waals surface area contributed by atoms with E-state index in [1.54, 1.807) is 18.2 Å². The molecule has 0 bridgehead atoms. The maximum atomic E-state index is 13.0. The highest BCUT2D eigenvalue weighted by Gasteiger charge is 2.28. The van der Waals surface area contributed by atoms with Gasteiger partial charge in [-0.3, -0.25) is 9.59 Å². The van der Waals surface area contributed by atoms with E-state index in [1.807, 2.05) is 31.0 Å². The average Bonchev–Trinajstić information content (AvgIpc) is 3.17. The molecule has 2 atom stereocenters. The second-order valence-electron chi connectivity index (χ2n) is 7.21. The molecule has 5 nitrogen and oxygen atoms in total. The van der Waals surface area contributed by atoms with Crippen molar-refractivity contribution in [3.05, 3.63) is 53.5 Å². The Labute approximate surface area is 154 Å². The van der Waals surface area contributed by atoms with Crippen LogP contribution >= 0.6 is 0 Å². The van der Waals surface area contributed by atoms with Crippen molar-refractivity contribution in [3.8, 4) is 0 Å². The minimum absolute atomic E-state index is 0.00255. The quantitative estimate of drug-likeness (QED) is 0.880. The molecule has 2 aromatic rings. The van der Waals surface area contributed by atoms with Crippen LogP contribution in [0.3, 0.4) is 0 Å². The smallest absolute Gasteiger partial charge is 0.291 e. The maximum Gasteiger partial charge on any atom is 0.291 e. The van der Waals surface area contributed by atoms with E-state index in [2.05, 4.69) is 12.2 Å². The van der Waals surface area contributed by atoms with Crippen molar-refractivity contribution in [2.75, 3.05) is 12.4 Å². The van der Waals surface area contributed by atoms with Gasteiger partial charge in [0.1, 0.15) is 0 Å². The Morgan fingerprint density at radius 1 is 1.19 bits per heavy atom. The van der Waals surface area contributed by atoms with Crippen LogP contribution in [0.5, 0.6) is 0 Å². The van der Waals surface area contributed by atoms with Gasteiger partial charge in [-0.15, -0.1) is 0 Å². The second kappa shape index (κ2) is 7.77. The Bertz CT molecular complexity index is 783. The first-order chi connectivity index (χ1) is 12.5. The summed E-state index contributed by atoms with van der Waals surface area (Å²) in [5.41, 5.74) is 2.11. The van der Waals surface area contributed by atoms with Crippen LogP contribution in [0.25, 0.3) is 0 Å². The zero-order valence-corrected chi connectivity index (χ0v) is 15.6. The second-order valence-corrected chi connectivity index (χ2v) is 7.21. The average molecular weight is 354 g/mol. The number of hydrogen-bond acceptors (Lipinski definition) is 3. The number of anilines is 1. The summed E-state index contributed by atoms with van der Waals surface area (Å²) in [4.78, 5) is 27.1. The van der Waals surface area contributed by atoms with Gasteiger partial charge in [0.15, 0.2) is 5.76 Å². The SMILES string of the molecule is Cc1ccc(C(=O)N(C)C2CCCCC2C)cc1NC(=O)c1ccco1. The highest BCUT2D eigenvalue weighted by molar-refractivity contribution is 6.03. The number of nitrogens with zero attached hydrogens (tertiary/aromatic N) is 1. The highest BCUT2D eigenvalue weighted by atomic mass is 16.3. The van der Waals surface area contributed by atoms with Crippen molar-refractivity contribution in [2.24, 2.45) is 5.92 Å². The summed E-state index contributed by atoms with van der Waals surface area (Å²) in [5.74, 6) is 0.435. The Balaban J connectivity index is 1.77. The van der Waals surface area contributed by atoms with E-state index in [0.717, 1.165) is 12.0 Å². The minimum atomic E-state index is -0.322. The maximum absolute atomic E-state index is 13.0. The van der Waals surface area contributed by atoms with Gasteiger partial charge in [0, 0.05) is 24.3 Å². The predicted molar refractivity (Wildman–Crippen MR) is 101 cm³/mol. The van der Waals surface area contributed by atoms with Gasteiger partial charge in [-0.1, -0.05) is 25.8 Å². The van der Waals surface area contributed by atoms with Gasteiger partial charge in [0.2, 0.25) is 0 Å². The summed E-state index contributed by atoms with van der Waals surface area (Å²) in [6.45, 7) is 4.12. The fourth-order valence-corrected chi connectivity index (χ4v) is 3.71. The number of rotatable bonds is 4. The molecular formula is C21H26N2O3. The van der Waals surface area contributed by atoms with Crippen molar-refractivity contribution < 1.29 is 14.0 Å². The van der Waals surface area contributed by atoms with Crippen LogP contribution in [-0.4, -0.2) is 29.8 Å².